The van der Waals surface area contributed by atoms with E-state index in [1.807, 2.05) is 30.3 Å². The largest absolute Gasteiger partial charge is 0.328 e. The fraction of sp³-hybridized carbons (Fsp3) is 0.500. The molecular formula is C14H19N3. The van der Waals surface area contributed by atoms with Crippen molar-refractivity contribution in [2.24, 2.45) is 5.73 Å². The van der Waals surface area contributed by atoms with Gasteiger partial charge in [-0.25, -0.2) is 0 Å². The minimum Gasteiger partial charge on any atom is -0.328 e. The number of piperidine rings is 1. The molecular weight excluding hydrogens is 210 g/mol. The molecule has 0 saturated carbocycles. The number of nitrogens with two attached hydrogens (primary N) is 1. The Kier molecular flexibility index (Phi) is 4.13. The van der Waals surface area contributed by atoms with Crippen LogP contribution in [0.3, 0.4) is 0 Å². The second kappa shape index (κ2) is 5.81. The van der Waals surface area contributed by atoms with E-state index in [0.717, 1.165) is 38.0 Å². The Morgan fingerprint density at radius 2 is 1.94 bits per heavy atom. The molecule has 1 aromatic rings. The van der Waals surface area contributed by atoms with Crippen LogP contribution in [0.5, 0.6) is 0 Å². The molecule has 0 aliphatic carbocycles. The molecule has 2 rings (SSSR count). The number of nitrogens with zero attached hydrogens (tertiary/aromatic N) is 2. The van der Waals surface area contributed by atoms with Gasteiger partial charge in [-0.3, -0.25) is 0 Å². The van der Waals surface area contributed by atoms with E-state index in [0.29, 0.717) is 6.04 Å². The predicted octanol–water partition coefficient (Wildman–Crippen LogP) is 1.72. The van der Waals surface area contributed by atoms with Crippen molar-refractivity contribution in [1.82, 2.24) is 4.90 Å². The van der Waals surface area contributed by atoms with E-state index in [-0.39, 0.29) is 5.92 Å². The number of benzene rings is 1. The van der Waals surface area contributed by atoms with Crippen molar-refractivity contribution < 1.29 is 0 Å². The molecule has 0 radical (unpaired) electrons. The summed E-state index contributed by atoms with van der Waals surface area (Å²) in [5.41, 5.74) is 7.00. The average molecular weight is 229 g/mol. The maximum atomic E-state index is 9.26. The first-order valence-electron chi connectivity index (χ1n) is 6.22. The van der Waals surface area contributed by atoms with Crippen molar-refractivity contribution in [3.05, 3.63) is 35.9 Å². The second-order valence-corrected chi connectivity index (χ2v) is 4.73. The smallest absolute Gasteiger partial charge is 0.0839 e. The highest BCUT2D eigenvalue weighted by molar-refractivity contribution is 5.25. The lowest BCUT2D eigenvalue weighted by atomic mass is 9.98. The van der Waals surface area contributed by atoms with Gasteiger partial charge >= 0.3 is 0 Å². The average Bonchev–Trinajstić information content (AvgIpc) is 2.39. The van der Waals surface area contributed by atoms with Gasteiger partial charge in [-0.05, 0) is 31.5 Å². The number of hydrogen-bond donors (Lipinski definition) is 1. The van der Waals surface area contributed by atoms with Gasteiger partial charge in [-0.1, -0.05) is 30.3 Å². The first-order valence-corrected chi connectivity index (χ1v) is 6.22. The maximum absolute atomic E-state index is 9.26. The molecule has 1 aromatic carbocycles. The molecule has 0 spiro atoms. The zero-order chi connectivity index (χ0) is 12.1. The van der Waals surface area contributed by atoms with Gasteiger partial charge in [0.2, 0.25) is 0 Å². The molecule has 0 aromatic heterocycles. The highest BCUT2D eigenvalue weighted by Crippen LogP contribution is 2.18. The fourth-order valence-corrected chi connectivity index (χ4v) is 2.30. The van der Waals surface area contributed by atoms with Crippen molar-refractivity contribution in [1.29, 1.82) is 5.26 Å². The standard InChI is InChI=1S/C14H19N3/c15-10-13(12-4-2-1-3-5-12)11-17-8-6-14(16)7-9-17/h1-5,13-14H,6-9,11,16H2. The van der Waals surface area contributed by atoms with Gasteiger partial charge in [-0.2, -0.15) is 5.26 Å². The molecule has 1 heterocycles. The Balaban J connectivity index is 1.95. The lowest BCUT2D eigenvalue weighted by Gasteiger charge is -2.31. The van der Waals surface area contributed by atoms with E-state index in [1.165, 1.54) is 0 Å². The van der Waals surface area contributed by atoms with Gasteiger partial charge in [0, 0.05) is 12.6 Å². The molecule has 17 heavy (non-hydrogen) atoms. The number of hydrogen-bond acceptors (Lipinski definition) is 3. The zero-order valence-corrected chi connectivity index (χ0v) is 10.0. The van der Waals surface area contributed by atoms with Crippen molar-refractivity contribution in [2.75, 3.05) is 19.6 Å². The topological polar surface area (TPSA) is 53.0 Å². The summed E-state index contributed by atoms with van der Waals surface area (Å²) >= 11 is 0. The molecule has 0 bridgehead atoms. The Labute approximate surface area is 103 Å². The quantitative estimate of drug-likeness (QED) is 0.858. The maximum Gasteiger partial charge on any atom is 0.0839 e. The van der Waals surface area contributed by atoms with Crippen LogP contribution in [0.4, 0.5) is 0 Å². The van der Waals surface area contributed by atoms with Crippen LogP contribution in [0.2, 0.25) is 0 Å². The molecule has 1 atom stereocenters. The van der Waals surface area contributed by atoms with Crippen molar-refractivity contribution in [3.63, 3.8) is 0 Å². The molecule has 1 unspecified atom stereocenters. The number of rotatable bonds is 3. The van der Waals surface area contributed by atoms with E-state index in [4.69, 9.17) is 5.73 Å². The minimum atomic E-state index is -0.0227. The van der Waals surface area contributed by atoms with Crippen LogP contribution in [0.15, 0.2) is 30.3 Å². The van der Waals surface area contributed by atoms with Crippen molar-refractivity contribution in [2.45, 2.75) is 24.8 Å². The molecule has 0 amide bonds. The van der Waals surface area contributed by atoms with Crippen LogP contribution in [-0.2, 0) is 0 Å². The first kappa shape index (κ1) is 12.1. The van der Waals surface area contributed by atoms with Crippen molar-refractivity contribution in [3.8, 4) is 6.07 Å². The summed E-state index contributed by atoms with van der Waals surface area (Å²) in [5, 5.41) is 9.26. The van der Waals surface area contributed by atoms with Gasteiger partial charge in [0.1, 0.15) is 0 Å². The van der Waals surface area contributed by atoms with Crippen LogP contribution >= 0.6 is 0 Å². The summed E-state index contributed by atoms with van der Waals surface area (Å²) in [6.07, 6.45) is 2.10. The number of nitriles is 1. The molecule has 2 N–H and O–H groups in total. The molecule has 1 aliphatic rings. The molecule has 1 saturated heterocycles. The second-order valence-electron chi connectivity index (χ2n) is 4.73. The van der Waals surface area contributed by atoms with Gasteiger partial charge in [-0.15, -0.1) is 0 Å². The van der Waals surface area contributed by atoms with Crippen LogP contribution in [0.1, 0.15) is 24.3 Å². The van der Waals surface area contributed by atoms with E-state index in [1.54, 1.807) is 0 Å². The molecule has 1 aliphatic heterocycles. The first-order chi connectivity index (χ1) is 8.29. The van der Waals surface area contributed by atoms with Gasteiger partial charge in [0.05, 0.1) is 12.0 Å². The summed E-state index contributed by atoms with van der Waals surface area (Å²) < 4.78 is 0. The SMILES string of the molecule is N#CC(CN1CCC(N)CC1)c1ccccc1. The van der Waals surface area contributed by atoms with E-state index < -0.39 is 0 Å². The Bertz CT molecular complexity index is 374. The monoisotopic (exact) mass is 229 g/mol. The highest BCUT2D eigenvalue weighted by atomic mass is 15.1. The molecule has 3 heteroatoms. The van der Waals surface area contributed by atoms with Crippen LogP contribution < -0.4 is 5.73 Å². The molecule has 3 nitrogen and oxygen atoms in total. The summed E-state index contributed by atoms with van der Waals surface area (Å²) in [7, 11) is 0. The summed E-state index contributed by atoms with van der Waals surface area (Å²) in [6, 6.07) is 12.8. The van der Waals surface area contributed by atoms with Crippen LogP contribution in [0.25, 0.3) is 0 Å². The number of likely N-dealkylation sites (tertiary alicyclic amines) is 1. The normalized spacial score (nSPS) is 19.8. The third-order valence-electron chi connectivity index (χ3n) is 3.43. The highest BCUT2D eigenvalue weighted by Gasteiger charge is 2.20. The third-order valence-corrected chi connectivity index (χ3v) is 3.43. The van der Waals surface area contributed by atoms with Crippen molar-refractivity contribution >= 4 is 0 Å². The summed E-state index contributed by atoms with van der Waals surface area (Å²) in [5.74, 6) is -0.0227. The van der Waals surface area contributed by atoms with Gasteiger partial charge < -0.3 is 10.6 Å². The van der Waals surface area contributed by atoms with E-state index >= 15 is 0 Å². The predicted molar refractivity (Wildman–Crippen MR) is 68.4 cm³/mol. The zero-order valence-electron chi connectivity index (χ0n) is 10.0. The Morgan fingerprint density at radius 1 is 1.29 bits per heavy atom. The summed E-state index contributed by atoms with van der Waals surface area (Å²) in [4.78, 5) is 2.35. The Hall–Kier alpha value is -1.37. The van der Waals surface area contributed by atoms with Crippen LogP contribution in [-0.4, -0.2) is 30.6 Å². The fourth-order valence-electron chi connectivity index (χ4n) is 2.30. The van der Waals surface area contributed by atoms with Crippen LogP contribution in [0, 0.1) is 11.3 Å². The lowest BCUT2D eigenvalue weighted by molar-refractivity contribution is 0.210. The van der Waals surface area contributed by atoms with Gasteiger partial charge in [0.15, 0.2) is 0 Å². The van der Waals surface area contributed by atoms with E-state index in [2.05, 4.69) is 11.0 Å². The molecule has 1 fully saturated rings. The van der Waals surface area contributed by atoms with Gasteiger partial charge in [0.25, 0.3) is 0 Å². The summed E-state index contributed by atoms with van der Waals surface area (Å²) in [6.45, 7) is 2.87. The third kappa shape index (κ3) is 3.29. The Morgan fingerprint density at radius 3 is 2.53 bits per heavy atom. The lowest BCUT2D eigenvalue weighted by Crippen LogP contribution is -2.41. The van der Waals surface area contributed by atoms with E-state index in [9.17, 15) is 5.26 Å². The minimum absolute atomic E-state index is 0.0227. The molecule has 90 valence electrons.